The minimum Gasteiger partial charge on any atom is -0.311 e. The molecule has 1 aliphatic heterocycles. The van der Waals surface area contributed by atoms with Crippen molar-refractivity contribution in [3.63, 3.8) is 0 Å². The monoisotopic (exact) mass is 323 g/mol. The van der Waals surface area contributed by atoms with Crippen LogP contribution in [0.2, 0.25) is 0 Å². The molecule has 3 atom stereocenters. The largest absolute Gasteiger partial charge is 0.311 e. The molecule has 0 aromatic rings. The molecule has 2 unspecified atom stereocenters. The molecule has 0 saturated carbocycles. The molecule has 0 amide bonds. The fraction of sp³-hybridized carbons (Fsp3) is 0.952. The Morgan fingerprint density at radius 2 is 1.57 bits per heavy atom. The highest BCUT2D eigenvalue weighted by molar-refractivity contribution is 5.79. The quantitative estimate of drug-likeness (QED) is 0.732. The lowest BCUT2D eigenvalue weighted by Crippen LogP contribution is -2.52. The van der Waals surface area contributed by atoms with Gasteiger partial charge in [-0.1, -0.05) is 48.0 Å². The van der Waals surface area contributed by atoms with Gasteiger partial charge >= 0.3 is 0 Å². The number of carbonyl (C=O) groups is 1. The molecule has 0 radical (unpaired) electrons. The highest BCUT2D eigenvalue weighted by Crippen LogP contribution is 2.49. The van der Waals surface area contributed by atoms with Crippen LogP contribution >= 0.6 is 0 Å². The number of rotatable bonds is 3. The third-order valence-electron chi connectivity index (χ3n) is 6.49. The summed E-state index contributed by atoms with van der Waals surface area (Å²) >= 11 is 0. The molecule has 0 aromatic heterocycles. The standard InChI is InChI=1S/C21H41NO/c1-10-20(8)12-17(16(3)23)21(9,11-2)14-19(6,7)22-15-18(4,5)13-20/h17,22H,10-15H2,1-9H3/t17?,20?,21-/m1/s1. The summed E-state index contributed by atoms with van der Waals surface area (Å²) < 4.78 is 0. The zero-order valence-corrected chi connectivity index (χ0v) is 17.2. The molecular weight excluding hydrogens is 282 g/mol. The maximum absolute atomic E-state index is 12.6. The fourth-order valence-corrected chi connectivity index (χ4v) is 4.98. The van der Waals surface area contributed by atoms with Gasteiger partial charge in [-0.05, 0) is 62.7 Å². The first-order chi connectivity index (χ1) is 10.3. The van der Waals surface area contributed by atoms with Crippen molar-refractivity contribution in [3.05, 3.63) is 0 Å². The Morgan fingerprint density at radius 3 is 2.00 bits per heavy atom. The van der Waals surface area contributed by atoms with Crippen LogP contribution in [0.4, 0.5) is 0 Å². The molecule has 1 aliphatic rings. The maximum Gasteiger partial charge on any atom is 0.133 e. The Bertz CT molecular complexity index is 426. The average Bonchev–Trinajstić information content (AvgIpc) is 2.41. The Balaban J connectivity index is 3.32. The molecule has 1 heterocycles. The molecule has 1 saturated heterocycles. The maximum atomic E-state index is 12.6. The Labute approximate surface area is 145 Å². The molecule has 136 valence electrons. The van der Waals surface area contributed by atoms with E-state index in [0.29, 0.717) is 5.78 Å². The molecule has 23 heavy (non-hydrogen) atoms. The zero-order valence-electron chi connectivity index (χ0n) is 17.2. The number of hydrogen-bond donors (Lipinski definition) is 1. The number of nitrogens with one attached hydrogen (secondary N) is 1. The molecular formula is C21H41NO. The van der Waals surface area contributed by atoms with E-state index >= 15 is 0 Å². The fourth-order valence-electron chi connectivity index (χ4n) is 4.98. The van der Waals surface area contributed by atoms with E-state index < -0.39 is 0 Å². The van der Waals surface area contributed by atoms with E-state index in [1.165, 1.54) is 6.42 Å². The molecule has 0 aromatic carbocycles. The van der Waals surface area contributed by atoms with Crippen LogP contribution in [0, 0.1) is 22.2 Å². The van der Waals surface area contributed by atoms with Crippen LogP contribution in [0.25, 0.3) is 0 Å². The number of Topliss-reactive ketones (excluding diaryl/α,β-unsaturated/α-hetero) is 1. The van der Waals surface area contributed by atoms with E-state index in [2.05, 4.69) is 60.7 Å². The lowest BCUT2D eigenvalue weighted by molar-refractivity contribution is -0.128. The first-order valence-electron chi connectivity index (χ1n) is 9.54. The first kappa shape index (κ1) is 20.7. The predicted octanol–water partition coefficient (Wildman–Crippen LogP) is 5.60. The van der Waals surface area contributed by atoms with Crippen molar-refractivity contribution in [2.45, 2.75) is 100.0 Å². The van der Waals surface area contributed by atoms with Gasteiger partial charge in [-0.3, -0.25) is 4.79 Å². The molecule has 0 aliphatic carbocycles. The summed E-state index contributed by atoms with van der Waals surface area (Å²) in [6, 6.07) is 0. The Hall–Kier alpha value is -0.370. The van der Waals surface area contributed by atoms with E-state index in [4.69, 9.17) is 0 Å². The van der Waals surface area contributed by atoms with Crippen LogP contribution in [0.15, 0.2) is 0 Å². The topological polar surface area (TPSA) is 29.1 Å². The van der Waals surface area contributed by atoms with E-state index in [1.54, 1.807) is 0 Å². The SMILES string of the molecule is CCC1(C)CC(C(C)=O)[C@](C)(CC)CC(C)(C)NCC(C)(C)C1. The minimum atomic E-state index is 0.0652. The summed E-state index contributed by atoms with van der Waals surface area (Å²) in [7, 11) is 0. The third kappa shape index (κ3) is 5.31. The predicted molar refractivity (Wildman–Crippen MR) is 101 cm³/mol. The lowest BCUT2D eigenvalue weighted by Gasteiger charge is -2.49. The molecule has 0 spiro atoms. The van der Waals surface area contributed by atoms with Gasteiger partial charge in [-0.15, -0.1) is 0 Å². The zero-order chi connectivity index (χ0) is 18.1. The summed E-state index contributed by atoms with van der Waals surface area (Å²) in [4.78, 5) is 12.6. The van der Waals surface area contributed by atoms with Crippen LogP contribution < -0.4 is 5.32 Å². The van der Waals surface area contributed by atoms with E-state index in [1.807, 2.05) is 6.92 Å². The van der Waals surface area contributed by atoms with Crippen LogP contribution in [0.5, 0.6) is 0 Å². The molecule has 1 N–H and O–H groups in total. The summed E-state index contributed by atoms with van der Waals surface area (Å²) in [5.41, 5.74) is 0.624. The summed E-state index contributed by atoms with van der Waals surface area (Å²) in [5, 5.41) is 3.82. The minimum absolute atomic E-state index is 0.0652. The van der Waals surface area contributed by atoms with Gasteiger partial charge in [-0.25, -0.2) is 0 Å². The van der Waals surface area contributed by atoms with Crippen LogP contribution in [0.3, 0.4) is 0 Å². The second-order valence-electron chi connectivity index (χ2n) is 10.3. The lowest BCUT2D eigenvalue weighted by atomic mass is 9.58. The Morgan fingerprint density at radius 1 is 1.00 bits per heavy atom. The van der Waals surface area contributed by atoms with E-state index in [-0.39, 0.29) is 27.7 Å². The highest BCUT2D eigenvalue weighted by atomic mass is 16.1. The van der Waals surface area contributed by atoms with Gasteiger partial charge in [0.05, 0.1) is 0 Å². The average molecular weight is 324 g/mol. The van der Waals surface area contributed by atoms with Gasteiger partial charge in [0.25, 0.3) is 0 Å². The van der Waals surface area contributed by atoms with Gasteiger partial charge in [0.1, 0.15) is 5.78 Å². The van der Waals surface area contributed by atoms with Crippen molar-refractivity contribution in [1.29, 1.82) is 0 Å². The molecule has 0 bridgehead atoms. The van der Waals surface area contributed by atoms with Gasteiger partial charge in [0.15, 0.2) is 0 Å². The second kappa shape index (κ2) is 6.86. The van der Waals surface area contributed by atoms with Gasteiger partial charge in [0, 0.05) is 18.0 Å². The van der Waals surface area contributed by atoms with E-state index in [9.17, 15) is 4.79 Å². The van der Waals surface area contributed by atoms with Crippen molar-refractivity contribution in [1.82, 2.24) is 5.32 Å². The number of hydrogen-bond acceptors (Lipinski definition) is 2. The van der Waals surface area contributed by atoms with Crippen molar-refractivity contribution in [3.8, 4) is 0 Å². The van der Waals surface area contributed by atoms with Crippen LogP contribution in [0.1, 0.15) is 94.4 Å². The Kier molecular flexibility index (Phi) is 6.17. The molecule has 1 fully saturated rings. The van der Waals surface area contributed by atoms with E-state index in [0.717, 1.165) is 32.2 Å². The smallest absolute Gasteiger partial charge is 0.133 e. The molecule has 1 rings (SSSR count). The normalized spacial score (nSPS) is 38.0. The van der Waals surface area contributed by atoms with Crippen molar-refractivity contribution >= 4 is 5.78 Å². The highest BCUT2D eigenvalue weighted by Gasteiger charge is 2.45. The molecule has 2 nitrogen and oxygen atoms in total. The van der Waals surface area contributed by atoms with Gasteiger partial charge in [-0.2, -0.15) is 0 Å². The van der Waals surface area contributed by atoms with Crippen molar-refractivity contribution in [2.24, 2.45) is 22.2 Å². The summed E-state index contributed by atoms with van der Waals surface area (Å²) in [6.07, 6.45) is 5.46. The van der Waals surface area contributed by atoms with Crippen LogP contribution in [-0.2, 0) is 4.79 Å². The number of ketones is 1. The van der Waals surface area contributed by atoms with Gasteiger partial charge < -0.3 is 5.32 Å². The molecule has 2 heteroatoms. The summed E-state index contributed by atoms with van der Waals surface area (Å²) in [5.74, 6) is 0.538. The van der Waals surface area contributed by atoms with Crippen molar-refractivity contribution < 1.29 is 4.79 Å². The number of carbonyl (C=O) groups excluding carboxylic acids is 1. The first-order valence-corrected chi connectivity index (χ1v) is 9.54. The van der Waals surface area contributed by atoms with Gasteiger partial charge in [0.2, 0.25) is 0 Å². The third-order valence-corrected chi connectivity index (χ3v) is 6.49. The van der Waals surface area contributed by atoms with Crippen LogP contribution in [-0.4, -0.2) is 17.9 Å². The second-order valence-corrected chi connectivity index (χ2v) is 10.3. The summed E-state index contributed by atoms with van der Waals surface area (Å²) in [6.45, 7) is 21.5. The van der Waals surface area contributed by atoms with Crippen molar-refractivity contribution in [2.75, 3.05) is 6.54 Å².